The number of hydrogen-bond donors (Lipinski definition) is 0. The molecule has 0 atom stereocenters. The van der Waals surface area contributed by atoms with E-state index in [9.17, 15) is 0 Å². The SMILES string of the molecule is CC(C)(C)c1ccc(N(c2ccc(C(C)(C)C)cc2)c2cc3c4c(c2)N(c2ccc(C(C)(C)C)cc2)c2ccc(C(C)(C)C)cc2B4n2c4ccc5c(CC(C)(C)c6ccc(-c7cc8c9c(c7)c7c%10ccc(-c%11cccc(C(C)(C)C)c%11)cc%10ccc7n9B7c9cc(C(C)(C)C)ccc9N(c9ccc(C(C)(C)C)cc9)c9cc(C(C)(C)C)cc-8c97)cc6)cccc5c4c4cccc-3c42)cc1. The van der Waals surface area contributed by atoms with Gasteiger partial charge in [0, 0.05) is 106 Å². The summed E-state index contributed by atoms with van der Waals surface area (Å²) in [4.78, 5) is 7.74. The minimum absolute atomic E-state index is 0.000758. The standard InChI is InChI=1S/C128H129B2N5/c1-120(2,3)83-42-52-92(53-43-83)131(93-54-44-84(45-55-93)121(4,5)6)96-74-103-100-34-29-35-101-115-99-33-28-31-81(97(99)61-65-111(115)134(118(100)101)130-107-72-90(126(19,20)21)51-64-109(107)133(113(75-96)117(103)130)95-58-48-86(49-59-95)123(10,11)12)76-128(25,26)87-40-36-77(37-41-87)82-68-104-102-70-91(127(22,23)24)73-112-116(102)129(106-71-89(125(16,17)18)50-63-108(106)132(112)94-56-46-85(47-57-94)122(7,8)9)135-110-62-39-80-66-79(78-30-27-32-88(67-78)124(13,14)15)38-60-98(80)114(110)105(69-82)119(104)135/h27-75H,76H2,1-26H3. The van der Waals surface area contributed by atoms with Crippen LogP contribution in [0.4, 0.5) is 51.2 Å². The van der Waals surface area contributed by atoms with Crippen LogP contribution in [0.2, 0.25) is 0 Å². The third kappa shape index (κ3) is 14.3. The molecule has 22 rings (SSSR count). The number of para-hydroxylation sites is 1. The molecule has 0 saturated carbocycles. The highest BCUT2D eigenvalue weighted by Gasteiger charge is 2.48. The molecule has 0 saturated heterocycles. The zero-order valence-corrected chi connectivity index (χ0v) is 84.4. The first-order valence-corrected chi connectivity index (χ1v) is 49.5. The Morgan fingerprint density at radius 3 is 1.19 bits per heavy atom. The Kier molecular flexibility index (Phi) is 19.5. The van der Waals surface area contributed by atoms with Gasteiger partial charge in [0.15, 0.2) is 0 Å². The molecule has 7 heteroatoms. The number of nitrogens with zero attached hydrogens (tertiary/aromatic N) is 5. The van der Waals surface area contributed by atoms with Gasteiger partial charge in [0.05, 0.1) is 0 Å². The fraction of sp³-hybridized carbons (Fsp3) is 0.281. The first kappa shape index (κ1) is 87.5. The van der Waals surface area contributed by atoms with Gasteiger partial charge in [-0.3, -0.25) is 0 Å². The summed E-state index contributed by atoms with van der Waals surface area (Å²) >= 11 is 0. The maximum Gasteiger partial charge on any atom is 0.333 e. The highest BCUT2D eigenvalue weighted by molar-refractivity contribution is 6.91. The quantitative estimate of drug-likeness (QED) is 0.127. The molecule has 0 amide bonds. The number of fused-ring (bicyclic) bond motifs is 18. The monoisotopic (exact) mass is 1760 g/mol. The first-order valence-electron chi connectivity index (χ1n) is 49.5. The average molecular weight is 1760 g/mol. The Morgan fingerprint density at radius 1 is 0.244 bits per heavy atom. The molecule has 0 N–H and O–H groups in total. The van der Waals surface area contributed by atoms with Crippen LogP contribution in [-0.4, -0.2) is 22.7 Å². The number of aromatic nitrogens is 2. The van der Waals surface area contributed by atoms with Crippen molar-refractivity contribution in [2.45, 2.75) is 235 Å². The lowest BCUT2D eigenvalue weighted by atomic mass is 9.44. The molecule has 6 heterocycles. The smallest absolute Gasteiger partial charge is 0.333 e. The Hall–Kier alpha value is -12.8. The predicted octanol–water partition coefficient (Wildman–Crippen LogP) is 32.7. The fourth-order valence-corrected chi connectivity index (χ4v) is 23.0. The molecule has 0 aliphatic carbocycles. The van der Waals surface area contributed by atoms with E-state index in [2.05, 4.69) is 501 Å². The first-order chi connectivity index (χ1) is 63.7. The third-order valence-corrected chi connectivity index (χ3v) is 30.9. The van der Waals surface area contributed by atoms with Crippen molar-refractivity contribution in [2.75, 3.05) is 14.7 Å². The van der Waals surface area contributed by atoms with Gasteiger partial charge in [0.25, 0.3) is 0 Å². The van der Waals surface area contributed by atoms with Crippen molar-refractivity contribution < 1.29 is 0 Å². The van der Waals surface area contributed by atoms with E-state index in [4.69, 9.17) is 0 Å². The second-order valence-electron chi connectivity index (χ2n) is 48.9. The Morgan fingerprint density at radius 2 is 0.667 bits per heavy atom. The lowest BCUT2D eigenvalue weighted by Crippen LogP contribution is -2.57. The van der Waals surface area contributed by atoms with Crippen LogP contribution in [0.5, 0.6) is 0 Å². The molecule has 0 radical (unpaired) electrons. The van der Waals surface area contributed by atoms with Gasteiger partial charge < -0.3 is 23.7 Å². The molecule has 672 valence electrons. The Balaban J connectivity index is 0.701. The van der Waals surface area contributed by atoms with E-state index >= 15 is 0 Å². The molecule has 18 aromatic rings. The van der Waals surface area contributed by atoms with Crippen molar-refractivity contribution in [2.24, 2.45) is 0 Å². The molecule has 16 aromatic carbocycles. The minimum atomic E-state index is -0.271. The van der Waals surface area contributed by atoms with Crippen LogP contribution in [0.1, 0.15) is 236 Å². The van der Waals surface area contributed by atoms with E-state index in [0.717, 1.165) is 29.2 Å². The summed E-state index contributed by atoms with van der Waals surface area (Å²) in [5, 5.41) is 10.3. The molecule has 0 bridgehead atoms. The summed E-state index contributed by atoms with van der Waals surface area (Å²) in [6.45, 7) is 60.8. The lowest BCUT2D eigenvalue weighted by Gasteiger charge is -2.42. The van der Waals surface area contributed by atoms with Crippen molar-refractivity contribution >= 4 is 152 Å². The molecule has 2 aromatic heterocycles. The Labute approximate surface area is 802 Å². The van der Waals surface area contributed by atoms with Crippen LogP contribution in [0.3, 0.4) is 0 Å². The third-order valence-electron chi connectivity index (χ3n) is 30.9. The van der Waals surface area contributed by atoms with Crippen LogP contribution < -0.4 is 36.6 Å². The second-order valence-corrected chi connectivity index (χ2v) is 48.9. The van der Waals surface area contributed by atoms with Crippen LogP contribution >= 0.6 is 0 Å². The van der Waals surface area contributed by atoms with Crippen molar-refractivity contribution in [1.29, 1.82) is 0 Å². The van der Waals surface area contributed by atoms with Crippen molar-refractivity contribution in [3.05, 3.63) is 353 Å². The van der Waals surface area contributed by atoms with Gasteiger partial charge in [-0.1, -0.05) is 368 Å². The van der Waals surface area contributed by atoms with Crippen molar-refractivity contribution in [1.82, 2.24) is 8.96 Å². The van der Waals surface area contributed by atoms with Crippen molar-refractivity contribution in [3.63, 3.8) is 0 Å². The van der Waals surface area contributed by atoms with E-state index in [1.54, 1.807) is 0 Å². The summed E-state index contributed by atoms with van der Waals surface area (Å²) in [6.07, 6.45) is 0.837. The molecule has 4 aliphatic heterocycles. The molecule has 135 heavy (non-hydrogen) atoms. The minimum Gasteiger partial charge on any atom is -0.375 e. The molecule has 0 unspecified atom stereocenters. The zero-order chi connectivity index (χ0) is 94.7. The zero-order valence-electron chi connectivity index (χ0n) is 84.4. The van der Waals surface area contributed by atoms with Gasteiger partial charge in [-0.25, -0.2) is 0 Å². The van der Waals surface area contributed by atoms with Crippen LogP contribution in [0, 0.1) is 0 Å². The summed E-state index contributed by atoms with van der Waals surface area (Å²) in [7, 11) is 0. The van der Waals surface area contributed by atoms with E-state index in [1.807, 2.05) is 0 Å². The maximum absolute atomic E-state index is 2.78. The number of benzene rings is 16. The number of rotatable bonds is 10. The predicted molar refractivity (Wildman–Crippen MR) is 587 cm³/mol. The second kappa shape index (κ2) is 30.1. The molecule has 0 spiro atoms. The summed E-state index contributed by atoms with van der Waals surface area (Å²) < 4.78 is 5.56. The maximum atomic E-state index is 2.78. The molecular weight excluding hydrogens is 1630 g/mol. The van der Waals surface area contributed by atoms with Crippen LogP contribution in [0.25, 0.3) is 110 Å². The topological polar surface area (TPSA) is 19.6 Å². The lowest BCUT2D eigenvalue weighted by molar-refractivity contribution is 0.524. The van der Waals surface area contributed by atoms with Gasteiger partial charge in [0.1, 0.15) is 0 Å². The fourth-order valence-electron chi connectivity index (χ4n) is 23.0. The largest absolute Gasteiger partial charge is 0.375 e. The molecule has 4 aliphatic rings. The van der Waals surface area contributed by atoms with Gasteiger partial charge in [-0.2, -0.15) is 0 Å². The van der Waals surface area contributed by atoms with Crippen LogP contribution in [0.15, 0.2) is 297 Å². The highest BCUT2D eigenvalue weighted by Crippen LogP contribution is 2.55. The highest BCUT2D eigenvalue weighted by atomic mass is 15.2. The van der Waals surface area contributed by atoms with Gasteiger partial charge >= 0.3 is 13.7 Å². The summed E-state index contributed by atoms with van der Waals surface area (Å²) in [6, 6.07) is 118. The normalized spacial score (nSPS) is 14.0. The summed E-state index contributed by atoms with van der Waals surface area (Å²) in [5.74, 6) is 0. The Bertz CT molecular complexity index is 7890. The average Bonchev–Trinajstić information content (AvgIpc) is 1.57. The number of anilines is 9. The van der Waals surface area contributed by atoms with Gasteiger partial charge in [-0.05, 0) is 297 Å². The molecular formula is C128H129B2N5. The van der Waals surface area contributed by atoms with E-state index in [0.29, 0.717) is 0 Å². The number of hydrogen-bond acceptors (Lipinski definition) is 3. The van der Waals surface area contributed by atoms with E-state index < -0.39 is 0 Å². The van der Waals surface area contributed by atoms with Crippen molar-refractivity contribution in [3.8, 4) is 44.5 Å². The van der Waals surface area contributed by atoms with Crippen LogP contribution in [-0.2, 0) is 55.2 Å². The van der Waals surface area contributed by atoms with Gasteiger partial charge in [0.2, 0.25) is 0 Å². The molecule has 0 fully saturated rings. The molecule has 5 nitrogen and oxygen atoms in total. The summed E-state index contributed by atoms with van der Waals surface area (Å²) in [5.41, 5.74) is 43.4. The van der Waals surface area contributed by atoms with E-state index in [-0.39, 0.29) is 62.4 Å². The van der Waals surface area contributed by atoms with Gasteiger partial charge in [-0.15, -0.1) is 0 Å². The van der Waals surface area contributed by atoms with E-state index in [1.165, 1.54) is 216 Å².